The molecule has 0 aromatic rings. The molecular weight excluding hydrogens is 148 g/mol. The van der Waals surface area contributed by atoms with Gasteiger partial charge in [0.25, 0.3) is 0 Å². The van der Waals surface area contributed by atoms with Gasteiger partial charge in [0, 0.05) is 19.8 Å². The molecule has 0 spiro atoms. The van der Waals surface area contributed by atoms with Crippen molar-refractivity contribution in [3.8, 4) is 0 Å². The summed E-state index contributed by atoms with van der Waals surface area (Å²) < 4.78 is 9.63. The number of Topliss-reactive ketones (excluding diaryl/α,β-unsaturated/α-hetero) is 1. The normalized spacial score (nSPS) is 24.8. The molecule has 0 bridgehead atoms. The minimum absolute atomic E-state index is 0.0633. The number of hydrogen-bond donors (Lipinski definition) is 0. The van der Waals surface area contributed by atoms with Crippen LogP contribution < -0.4 is 0 Å². The van der Waals surface area contributed by atoms with E-state index in [0.717, 1.165) is 0 Å². The maximum atomic E-state index is 10.6. The van der Waals surface area contributed by atoms with Gasteiger partial charge in [0.1, 0.15) is 6.61 Å². The van der Waals surface area contributed by atoms with Crippen molar-refractivity contribution in [2.45, 2.75) is 26.1 Å². The van der Waals surface area contributed by atoms with Crippen LogP contribution in [0.25, 0.3) is 0 Å². The molecule has 0 amide bonds. The summed E-state index contributed by atoms with van der Waals surface area (Å²) in [5, 5.41) is 0. The first kappa shape index (κ1) is 8.20. The number of ether oxygens (including phenoxy) is 2. The second-order valence-electron chi connectivity index (χ2n) is 2.43. The zero-order valence-corrected chi connectivity index (χ0v) is 6.33. The van der Waals surface area contributed by atoms with E-state index in [9.17, 15) is 9.59 Å². The molecule has 1 atom stereocenters. The lowest BCUT2D eigenvalue weighted by atomic mass is 10.2. The third-order valence-electron chi connectivity index (χ3n) is 1.39. The third-order valence-corrected chi connectivity index (χ3v) is 1.39. The van der Waals surface area contributed by atoms with Crippen LogP contribution in [0.15, 0.2) is 0 Å². The fourth-order valence-corrected chi connectivity index (χ4v) is 0.898. The predicted octanol–water partition coefficient (Wildman–Crippen LogP) is 0.255. The minimum atomic E-state index is -0.509. The van der Waals surface area contributed by atoms with Gasteiger partial charge in [0.15, 0.2) is 5.78 Å². The molecule has 1 saturated heterocycles. The van der Waals surface area contributed by atoms with Gasteiger partial charge in [0.2, 0.25) is 6.29 Å². The highest BCUT2D eigenvalue weighted by Gasteiger charge is 2.20. The molecule has 0 aliphatic carbocycles. The van der Waals surface area contributed by atoms with E-state index in [2.05, 4.69) is 0 Å². The molecule has 0 N–H and O–H groups in total. The summed E-state index contributed by atoms with van der Waals surface area (Å²) >= 11 is 0. The Hall–Kier alpha value is -0.900. The molecule has 0 radical (unpaired) electrons. The number of esters is 1. The Balaban J connectivity index is 2.28. The van der Waals surface area contributed by atoms with Crippen LogP contribution in [0.4, 0.5) is 0 Å². The lowest BCUT2D eigenvalue weighted by molar-refractivity contribution is -0.186. The highest BCUT2D eigenvalue weighted by molar-refractivity contribution is 5.80. The van der Waals surface area contributed by atoms with Crippen LogP contribution in [0.1, 0.15) is 19.8 Å². The Morgan fingerprint density at radius 1 is 1.73 bits per heavy atom. The highest BCUT2D eigenvalue weighted by atomic mass is 16.7. The minimum Gasteiger partial charge on any atom is -0.436 e. The Bertz CT molecular complexity index is 165. The molecule has 0 aromatic heterocycles. The molecule has 1 heterocycles. The number of ketones is 1. The second kappa shape index (κ2) is 3.48. The van der Waals surface area contributed by atoms with Gasteiger partial charge in [-0.15, -0.1) is 0 Å². The van der Waals surface area contributed by atoms with Gasteiger partial charge in [0.05, 0.1) is 0 Å². The Kier molecular flexibility index (Phi) is 2.59. The molecule has 1 aliphatic rings. The average Bonchev–Trinajstić information content (AvgIpc) is 1.93. The monoisotopic (exact) mass is 158 g/mol. The lowest BCUT2D eigenvalue weighted by Gasteiger charge is -2.20. The SMILES string of the molecule is CC(=O)OC1CCC(=O)CO1. The van der Waals surface area contributed by atoms with Gasteiger partial charge in [-0.05, 0) is 0 Å². The summed E-state index contributed by atoms with van der Waals surface area (Å²) in [6.07, 6.45) is 0.418. The van der Waals surface area contributed by atoms with E-state index in [-0.39, 0.29) is 18.4 Å². The van der Waals surface area contributed by atoms with Crippen LogP contribution in [-0.2, 0) is 19.1 Å². The van der Waals surface area contributed by atoms with Crippen molar-refractivity contribution in [1.29, 1.82) is 0 Å². The van der Waals surface area contributed by atoms with E-state index in [1.807, 2.05) is 0 Å². The summed E-state index contributed by atoms with van der Waals surface area (Å²) in [5.41, 5.74) is 0. The first-order valence-electron chi connectivity index (χ1n) is 3.49. The van der Waals surface area contributed by atoms with Crippen LogP contribution in [0.2, 0.25) is 0 Å². The first-order chi connectivity index (χ1) is 5.18. The maximum Gasteiger partial charge on any atom is 0.304 e. The molecule has 11 heavy (non-hydrogen) atoms. The van der Waals surface area contributed by atoms with Crippen molar-refractivity contribution in [3.63, 3.8) is 0 Å². The standard InChI is InChI=1S/C7H10O4/c1-5(8)11-7-3-2-6(9)4-10-7/h7H,2-4H2,1H3. The van der Waals surface area contributed by atoms with E-state index in [1.54, 1.807) is 0 Å². The van der Waals surface area contributed by atoms with Crippen molar-refractivity contribution in [1.82, 2.24) is 0 Å². The van der Waals surface area contributed by atoms with Gasteiger partial charge in [-0.2, -0.15) is 0 Å². The van der Waals surface area contributed by atoms with Crippen molar-refractivity contribution >= 4 is 11.8 Å². The summed E-state index contributed by atoms with van der Waals surface area (Å²) in [5.74, 6) is -0.308. The van der Waals surface area contributed by atoms with Crippen molar-refractivity contribution in [3.05, 3.63) is 0 Å². The number of carbonyl (C=O) groups excluding carboxylic acids is 2. The fraction of sp³-hybridized carbons (Fsp3) is 0.714. The third kappa shape index (κ3) is 2.67. The molecule has 62 valence electrons. The highest BCUT2D eigenvalue weighted by Crippen LogP contribution is 2.11. The van der Waals surface area contributed by atoms with Crippen LogP contribution >= 0.6 is 0 Å². The van der Waals surface area contributed by atoms with Gasteiger partial charge in [-0.1, -0.05) is 0 Å². The van der Waals surface area contributed by atoms with Crippen LogP contribution in [0.3, 0.4) is 0 Å². The average molecular weight is 158 g/mol. The van der Waals surface area contributed by atoms with Crippen LogP contribution in [0, 0.1) is 0 Å². The van der Waals surface area contributed by atoms with E-state index in [4.69, 9.17) is 9.47 Å². The summed E-state index contributed by atoms with van der Waals surface area (Å²) in [4.78, 5) is 21.0. The van der Waals surface area contributed by atoms with E-state index in [1.165, 1.54) is 6.92 Å². The van der Waals surface area contributed by atoms with E-state index >= 15 is 0 Å². The molecule has 0 saturated carbocycles. The Labute approximate surface area is 64.5 Å². The number of hydrogen-bond acceptors (Lipinski definition) is 4. The maximum absolute atomic E-state index is 10.6. The van der Waals surface area contributed by atoms with Gasteiger partial charge >= 0.3 is 5.97 Å². The van der Waals surface area contributed by atoms with Crippen molar-refractivity contribution in [2.24, 2.45) is 0 Å². The Morgan fingerprint density at radius 2 is 2.45 bits per heavy atom. The quantitative estimate of drug-likeness (QED) is 0.513. The van der Waals surface area contributed by atoms with Crippen molar-refractivity contribution in [2.75, 3.05) is 6.61 Å². The molecule has 4 heteroatoms. The second-order valence-corrected chi connectivity index (χ2v) is 2.43. The molecule has 1 fully saturated rings. The van der Waals surface area contributed by atoms with Gasteiger partial charge in [-0.25, -0.2) is 0 Å². The van der Waals surface area contributed by atoms with Gasteiger partial charge < -0.3 is 9.47 Å². The summed E-state index contributed by atoms with van der Waals surface area (Å²) in [6.45, 7) is 1.39. The first-order valence-corrected chi connectivity index (χ1v) is 3.49. The smallest absolute Gasteiger partial charge is 0.304 e. The molecule has 1 rings (SSSR count). The largest absolute Gasteiger partial charge is 0.436 e. The molecule has 1 aliphatic heterocycles. The fourth-order valence-electron chi connectivity index (χ4n) is 0.898. The summed E-state index contributed by atoms with van der Waals surface area (Å²) in [6, 6.07) is 0. The van der Waals surface area contributed by atoms with Crippen molar-refractivity contribution < 1.29 is 19.1 Å². The van der Waals surface area contributed by atoms with E-state index < -0.39 is 6.29 Å². The summed E-state index contributed by atoms with van der Waals surface area (Å²) in [7, 11) is 0. The predicted molar refractivity (Wildman–Crippen MR) is 35.7 cm³/mol. The molecular formula is C7H10O4. The van der Waals surface area contributed by atoms with E-state index in [0.29, 0.717) is 12.8 Å². The van der Waals surface area contributed by atoms with Crippen LogP contribution in [0.5, 0.6) is 0 Å². The van der Waals surface area contributed by atoms with Gasteiger partial charge in [-0.3, -0.25) is 9.59 Å². The lowest BCUT2D eigenvalue weighted by Crippen LogP contribution is -2.29. The molecule has 0 aromatic carbocycles. The number of carbonyl (C=O) groups is 2. The zero-order chi connectivity index (χ0) is 8.27. The van der Waals surface area contributed by atoms with Crippen LogP contribution in [-0.4, -0.2) is 24.6 Å². The Morgan fingerprint density at radius 3 is 2.91 bits per heavy atom. The number of rotatable bonds is 1. The zero-order valence-electron chi connectivity index (χ0n) is 6.33. The molecule has 4 nitrogen and oxygen atoms in total. The molecule has 1 unspecified atom stereocenters. The topological polar surface area (TPSA) is 52.6 Å².